The molecule has 1 atom stereocenters. The molecule has 3 rings (SSSR count). The summed E-state index contributed by atoms with van der Waals surface area (Å²) in [5, 5.41) is 14.4. The third-order valence-electron chi connectivity index (χ3n) is 4.72. The van der Waals surface area contributed by atoms with Crippen LogP contribution in [-0.2, 0) is 4.79 Å². The fraction of sp³-hybridized carbons (Fsp3) is 0.160. The van der Waals surface area contributed by atoms with Crippen molar-refractivity contribution in [2.24, 2.45) is 0 Å². The maximum absolute atomic E-state index is 12.8. The summed E-state index contributed by atoms with van der Waals surface area (Å²) in [6, 6.07) is 20.8. The maximum Gasteiger partial charge on any atom is 0.335 e. The molecule has 164 valence electrons. The molecule has 3 aromatic carbocycles. The lowest BCUT2D eigenvalue weighted by Gasteiger charge is -2.16. The van der Waals surface area contributed by atoms with Crippen LogP contribution in [0.1, 0.15) is 39.6 Å². The zero-order valence-corrected chi connectivity index (χ0v) is 18.6. The van der Waals surface area contributed by atoms with Crippen LogP contribution in [-0.4, -0.2) is 28.1 Å². The number of carbonyl (C=O) groups excluding carboxylic acids is 2. The van der Waals surface area contributed by atoms with E-state index < -0.39 is 5.97 Å². The predicted molar refractivity (Wildman–Crippen MR) is 128 cm³/mol. The highest BCUT2D eigenvalue weighted by molar-refractivity contribution is 8.00. The number of carbonyl (C=O) groups is 3. The zero-order chi connectivity index (χ0) is 23.1. The van der Waals surface area contributed by atoms with Gasteiger partial charge in [-0.2, -0.15) is 0 Å². The largest absolute Gasteiger partial charge is 0.478 e. The molecule has 0 bridgehead atoms. The number of rotatable bonds is 8. The number of carboxylic acid groups (broad SMARTS) is 1. The van der Waals surface area contributed by atoms with Crippen LogP contribution in [0.15, 0.2) is 77.7 Å². The van der Waals surface area contributed by atoms with E-state index in [4.69, 9.17) is 5.11 Å². The Kier molecular flexibility index (Phi) is 7.68. The number of nitrogens with one attached hydrogen (secondary N) is 2. The molecule has 0 fully saturated rings. The van der Waals surface area contributed by atoms with Gasteiger partial charge in [0.05, 0.1) is 10.8 Å². The van der Waals surface area contributed by atoms with Crippen LogP contribution in [0.25, 0.3) is 0 Å². The van der Waals surface area contributed by atoms with Crippen molar-refractivity contribution in [2.75, 3.05) is 10.6 Å². The number of aromatic carboxylic acids is 1. The number of aryl methyl sites for hydroxylation is 1. The second-order valence-electron chi connectivity index (χ2n) is 7.24. The molecule has 6 nitrogen and oxygen atoms in total. The lowest BCUT2D eigenvalue weighted by molar-refractivity contribution is -0.115. The average Bonchev–Trinajstić information content (AvgIpc) is 2.78. The summed E-state index contributed by atoms with van der Waals surface area (Å²) < 4.78 is 0. The van der Waals surface area contributed by atoms with Gasteiger partial charge in [0.15, 0.2) is 0 Å². The van der Waals surface area contributed by atoms with E-state index in [0.29, 0.717) is 23.4 Å². The standard InChI is InChI=1S/C25H24N2O4S/c1-3-22(24(29)27-19-7-4-6-18(14-19)25(30)31)32-21-9-5-8-20(15-21)26-23(28)17-12-10-16(2)11-13-17/h4-15,22H,3H2,1-2H3,(H,26,28)(H,27,29)(H,30,31). The first kappa shape index (κ1) is 23.1. The molecule has 0 aliphatic rings. The van der Waals surface area contributed by atoms with E-state index >= 15 is 0 Å². The SMILES string of the molecule is CCC(Sc1cccc(NC(=O)c2ccc(C)cc2)c1)C(=O)Nc1cccc(C(=O)O)c1. The Bertz CT molecular complexity index is 1130. The van der Waals surface area contributed by atoms with Crippen molar-refractivity contribution < 1.29 is 19.5 Å². The van der Waals surface area contributed by atoms with Crippen molar-refractivity contribution in [1.82, 2.24) is 0 Å². The van der Waals surface area contributed by atoms with Gasteiger partial charge in [-0.3, -0.25) is 9.59 Å². The molecule has 0 aliphatic heterocycles. The highest BCUT2D eigenvalue weighted by Gasteiger charge is 2.19. The van der Waals surface area contributed by atoms with Gasteiger partial charge in [0.25, 0.3) is 5.91 Å². The fourth-order valence-electron chi connectivity index (χ4n) is 2.99. The molecule has 0 aromatic heterocycles. The summed E-state index contributed by atoms with van der Waals surface area (Å²) in [6.07, 6.45) is 0.578. The minimum atomic E-state index is -1.05. The summed E-state index contributed by atoms with van der Waals surface area (Å²) in [5.41, 5.74) is 2.85. The van der Waals surface area contributed by atoms with Crippen LogP contribution in [0.2, 0.25) is 0 Å². The Morgan fingerprint density at radius 1 is 0.875 bits per heavy atom. The highest BCUT2D eigenvalue weighted by Crippen LogP contribution is 2.29. The van der Waals surface area contributed by atoms with Crippen molar-refractivity contribution in [3.63, 3.8) is 0 Å². The third-order valence-corrected chi connectivity index (χ3v) is 6.08. The molecular weight excluding hydrogens is 424 g/mol. The van der Waals surface area contributed by atoms with Crippen LogP contribution in [0.3, 0.4) is 0 Å². The minimum Gasteiger partial charge on any atom is -0.478 e. The van der Waals surface area contributed by atoms with Crippen molar-refractivity contribution in [1.29, 1.82) is 0 Å². The second-order valence-corrected chi connectivity index (χ2v) is 8.51. The molecule has 1 unspecified atom stereocenters. The van der Waals surface area contributed by atoms with Crippen LogP contribution in [0.4, 0.5) is 11.4 Å². The van der Waals surface area contributed by atoms with Gasteiger partial charge in [-0.25, -0.2) is 4.79 Å². The van der Waals surface area contributed by atoms with Crippen molar-refractivity contribution in [3.05, 3.63) is 89.5 Å². The summed E-state index contributed by atoms with van der Waals surface area (Å²) in [7, 11) is 0. The first-order valence-electron chi connectivity index (χ1n) is 10.1. The summed E-state index contributed by atoms with van der Waals surface area (Å²) >= 11 is 1.39. The monoisotopic (exact) mass is 448 g/mol. The van der Waals surface area contributed by atoms with Gasteiger partial charge in [0, 0.05) is 21.8 Å². The van der Waals surface area contributed by atoms with Crippen LogP contribution in [0, 0.1) is 6.92 Å². The lowest BCUT2D eigenvalue weighted by Crippen LogP contribution is -2.24. The van der Waals surface area contributed by atoms with Crippen molar-refractivity contribution >= 4 is 40.9 Å². The lowest BCUT2D eigenvalue weighted by atomic mass is 10.1. The topological polar surface area (TPSA) is 95.5 Å². The van der Waals surface area contributed by atoms with E-state index in [0.717, 1.165) is 10.5 Å². The van der Waals surface area contributed by atoms with E-state index in [1.165, 1.54) is 23.9 Å². The van der Waals surface area contributed by atoms with E-state index in [1.807, 2.05) is 44.2 Å². The number of carboxylic acids is 1. The Morgan fingerprint density at radius 2 is 1.53 bits per heavy atom. The van der Waals surface area contributed by atoms with Crippen molar-refractivity contribution in [2.45, 2.75) is 30.4 Å². The van der Waals surface area contributed by atoms with Crippen molar-refractivity contribution in [3.8, 4) is 0 Å². The van der Waals surface area contributed by atoms with Gasteiger partial charge in [-0.15, -0.1) is 11.8 Å². The fourth-order valence-corrected chi connectivity index (χ4v) is 4.01. The summed E-state index contributed by atoms with van der Waals surface area (Å²) in [5.74, 6) is -1.46. The predicted octanol–water partition coefficient (Wildman–Crippen LogP) is 5.45. The van der Waals surface area contributed by atoms with Gasteiger partial charge >= 0.3 is 5.97 Å². The number of amides is 2. The summed E-state index contributed by atoms with van der Waals surface area (Å²) in [4.78, 5) is 37.2. The number of anilines is 2. The van der Waals surface area contributed by atoms with E-state index in [1.54, 1.807) is 30.3 Å². The molecule has 0 heterocycles. The smallest absolute Gasteiger partial charge is 0.335 e. The Balaban J connectivity index is 1.66. The number of benzene rings is 3. The van der Waals surface area contributed by atoms with Gasteiger partial charge in [0.1, 0.15) is 0 Å². The number of hydrogen-bond donors (Lipinski definition) is 3. The maximum atomic E-state index is 12.8. The van der Waals surface area contributed by atoms with Crippen LogP contribution >= 0.6 is 11.8 Å². The average molecular weight is 449 g/mol. The molecule has 0 aliphatic carbocycles. The molecule has 32 heavy (non-hydrogen) atoms. The van der Waals surface area contributed by atoms with Gasteiger partial charge in [-0.05, 0) is 61.9 Å². The molecule has 0 saturated heterocycles. The Hall–Kier alpha value is -3.58. The third kappa shape index (κ3) is 6.21. The molecule has 3 N–H and O–H groups in total. The molecule has 0 saturated carbocycles. The van der Waals surface area contributed by atoms with Gasteiger partial charge in [0.2, 0.25) is 5.91 Å². The molecule has 0 radical (unpaired) electrons. The number of hydrogen-bond acceptors (Lipinski definition) is 4. The zero-order valence-electron chi connectivity index (χ0n) is 17.8. The highest BCUT2D eigenvalue weighted by atomic mass is 32.2. The van der Waals surface area contributed by atoms with Gasteiger partial charge < -0.3 is 15.7 Å². The molecule has 7 heteroatoms. The quantitative estimate of drug-likeness (QED) is 0.398. The van der Waals surface area contributed by atoms with Crippen LogP contribution in [0.5, 0.6) is 0 Å². The Morgan fingerprint density at radius 3 is 2.19 bits per heavy atom. The van der Waals surface area contributed by atoms with E-state index in [-0.39, 0.29) is 22.6 Å². The minimum absolute atomic E-state index is 0.112. The number of thioether (sulfide) groups is 1. The Labute approximate surface area is 191 Å². The molecule has 3 aromatic rings. The molecule has 2 amide bonds. The van der Waals surface area contributed by atoms with E-state index in [9.17, 15) is 14.4 Å². The first-order valence-corrected chi connectivity index (χ1v) is 11.0. The summed E-state index contributed by atoms with van der Waals surface area (Å²) in [6.45, 7) is 3.87. The first-order chi connectivity index (χ1) is 15.4. The normalized spacial score (nSPS) is 11.4. The van der Waals surface area contributed by atoms with E-state index in [2.05, 4.69) is 10.6 Å². The molecule has 0 spiro atoms. The van der Waals surface area contributed by atoms with Gasteiger partial charge in [-0.1, -0.05) is 36.8 Å². The second kappa shape index (κ2) is 10.6. The molecular formula is C25H24N2O4S. The van der Waals surface area contributed by atoms with Crippen LogP contribution < -0.4 is 10.6 Å².